The van der Waals surface area contributed by atoms with Gasteiger partial charge in [0.15, 0.2) is 0 Å². The van der Waals surface area contributed by atoms with E-state index in [-0.39, 0.29) is 49.9 Å². The third kappa shape index (κ3) is 12.8. The number of fused-ring (bicyclic) bond motifs is 2. The van der Waals surface area contributed by atoms with Crippen LogP contribution in [-0.2, 0) is 29.7 Å². The van der Waals surface area contributed by atoms with E-state index in [1.807, 2.05) is 40.1 Å². The monoisotopic (exact) mass is 954 g/mol. The van der Waals surface area contributed by atoms with Crippen LogP contribution in [0.5, 0.6) is 0 Å². The molecule has 1 radical (unpaired) electrons. The molecule has 0 fully saturated rings. The number of carbonyl (C=O) groups is 2. The van der Waals surface area contributed by atoms with E-state index < -0.39 is 0 Å². The minimum Gasteiger partial charge on any atom is -0.304 e. The van der Waals surface area contributed by atoms with Gasteiger partial charge in [-0.1, -0.05) is 123 Å². The molecule has 0 amide bonds. The molecule has 58 heavy (non-hydrogen) atoms. The van der Waals surface area contributed by atoms with Crippen molar-refractivity contribution in [3.63, 3.8) is 0 Å². The average molecular weight is 954 g/mol. The Labute approximate surface area is 363 Å². The van der Waals surface area contributed by atoms with Gasteiger partial charge in [-0.25, -0.2) is 0 Å². The summed E-state index contributed by atoms with van der Waals surface area (Å²) in [6, 6.07) is 32.0. The number of aryl methyl sites for hydroxylation is 4. The van der Waals surface area contributed by atoms with E-state index in [1.165, 1.54) is 54.9 Å². The summed E-state index contributed by atoms with van der Waals surface area (Å²) >= 11 is 0. The van der Waals surface area contributed by atoms with Crippen molar-refractivity contribution in [2.45, 2.75) is 127 Å². The predicted octanol–water partition coefficient (Wildman–Crippen LogP) is 14.5. The first-order chi connectivity index (χ1) is 27.2. The van der Waals surface area contributed by atoms with E-state index in [1.54, 1.807) is 0 Å². The van der Waals surface area contributed by atoms with Crippen molar-refractivity contribution in [3.8, 4) is 22.5 Å². The van der Waals surface area contributed by atoms with Crippen LogP contribution in [0.2, 0.25) is 0 Å². The quantitative estimate of drug-likeness (QED) is 0.0906. The Morgan fingerprint density at radius 3 is 1.41 bits per heavy atom. The molecule has 5 heteroatoms. The molecule has 0 aliphatic carbocycles. The number of nitrogens with zero attached hydrogens (tertiary/aromatic N) is 2. The summed E-state index contributed by atoms with van der Waals surface area (Å²) in [5.74, 6) is 1.53. The second kappa shape index (κ2) is 22.7. The molecular weight excluding hydrogens is 889 g/mol. The number of benzene rings is 4. The van der Waals surface area contributed by atoms with E-state index in [2.05, 4.69) is 150 Å². The Morgan fingerprint density at radius 1 is 0.552 bits per heavy atom. The number of hydrogen-bond acceptors (Lipinski definition) is 4. The summed E-state index contributed by atoms with van der Waals surface area (Å²) in [4.78, 5) is 32.7. The van der Waals surface area contributed by atoms with Crippen LogP contribution < -0.4 is 0 Å². The van der Waals surface area contributed by atoms with Gasteiger partial charge in [-0.3, -0.25) is 14.6 Å². The van der Waals surface area contributed by atoms with E-state index in [9.17, 15) is 9.59 Å². The summed E-state index contributed by atoms with van der Waals surface area (Å²) in [5, 5.41) is 4.94. The van der Waals surface area contributed by atoms with Crippen LogP contribution in [-0.4, -0.2) is 21.5 Å². The van der Waals surface area contributed by atoms with Crippen molar-refractivity contribution in [1.29, 1.82) is 0 Å². The van der Waals surface area contributed by atoms with Crippen LogP contribution in [0.15, 0.2) is 91.3 Å². The average Bonchev–Trinajstić information content (AvgIpc) is 3.17. The third-order valence-electron chi connectivity index (χ3n) is 11.0. The van der Waals surface area contributed by atoms with E-state index >= 15 is 0 Å². The van der Waals surface area contributed by atoms with Crippen molar-refractivity contribution < 1.29 is 29.7 Å². The number of aromatic nitrogens is 2. The van der Waals surface area contributed by atoms with Gasteiger partial charge in [-0.2, -0.15) is 0 Å². The minimum absolute atomic E-state index is 0. The maximum atomic E-state index is 11.7. The van der Waals surface area contributed by atoms with Crippen LogP contribution in [0.25, 0.3) is 44.1 Å². The van der Waals surface area contributed by atoms with Gasteiger partial charge in [0.2, 0.25) is 0 Å². The molecule has 0 unspecified atom stereocenters. The van der Waals surface area contributed by atoms with Crippen molar-refractivity contribution in [1.82, 2.24) is 9.97 Å². The smallest absolute Gasteiger partial charge is 0.143 e. The summed E-state index contributed by atoms with van der Waals surface area (Å²) in [5.41, 5.74) is 12.1. The van der Waals surface area contributed by atoms with Crippen molar-refractivity contribution in [2.24, 2.45) is 11.8 Å². The Hall–Kier alpha value is -4.31. The number of hydrogen-bond donors (Lipinski definition) is 0. The Morgan fingerprint density at radius 2 is 0.983 bits per heavy atom. The first-order valence-corrected chi connectivity index (χ1v) is 21.1. The van der Waals surface area contributed by atoms with Gasteiger partial charge in [0.1, 0.15) is 11.6 Å². The van der Waals surface area contributed by atoms with Crippen LogP contribution in [0.3, 0.4) is 0 Å². The van der Waals surface area contributed by atoms with Gasteiger partial charge in [0.05, 0.1) is 12.1 Å². The zero-order valence-electron chi connectivity index (χ0n) is 37.0. The molecule has 0 spiro atoms. The molecule has 0 aliphatic rings. The fourth-order valence-corrected chi connectivity index (χ4v) is 7.64. The van der Waals surface area contributed by atoms with E-state index in [4.69, 9.17) is 0 Å². The molecule has 0 atom stereocenters. The summed E-state index contributed by atoms with van der Waals surface area (Å²) < 4.78 is 0. The van der Waals surface area contributed by atoms with Gasteiger partial charge < -0.3 is 4.98 Å². The van der Waals surface area contributed by atoms with Crippen molar-refractivity contribution in [3.05, 3.63) is 131 Å². The molecule has 0 bridgehead atoms. The Balaban J connectivity index is 0.000000235. The molecule has 4 aromatic carbocycles. The van der Waals surface area contributed by atoms with E-state index in [0.717, 1.165) is 48.2 Å². The number of pyridine rings is 2. The summed E-state index contributed by atoms with van der Waals surface area (Å²) in [6.45, 7) is 25.4. The molecule has 6 rings (SSSR count). The van der Waals surface area contributed by atoms with Crippen LogP contribution in [0.4, 0.5) is 0 Å². The SMILES string of the molecule is CCC(CC)C(=O)CC(=O)C(CC)CC.Cc1[c-]c(-c2nccc3cc(C(C)C)ccc23)cc(C)c1.Cc1cc(C)cc(-c2nccc3cc(C(C)C)ccc23)c1.[Ir]. The van der Waals surface area contributed by atoms with Crippen molar-refractivity contribution in [2.75, 3.05) is 0 Å². The summed E-state index contributed by atoms with van der Waals surface area (Å²) in [7, 11) is 0. The second-order valence-electron chi connectivity index (χ2n) is 16.4. The first-order valence-electron chi connectivity index (χ1n) is 21.1. The molecule has 309 valence electrons. The molecule has 4 nitrogen and oxygen atoms in total. The fourth-order valence-electron chi connectivity index (χ4n) is 7.64. The molecule has 2 heterocycles. The van der Waals surface area contributed by atoms with Gasteiger partial charge in [-0.15, -0.1) is 34.9 Å². The van der Waals surface area contributed by atoms with Crippen LogP contribution in [0, 0.1) is 45.6 Å². The predicted molar refractivity (Wildman–Crippen MR) is 243 cm³/mol. The fraction of sp³-hybridized carbons (Fsp3) is 0.396. The second-order valence-corrected chi connectivity index (χ2v) is 16.4. The summed E-state index contributed by atoms with van der Waals surface area (Å²) in [6.07, 6.45) is 7.37. The van der Waals surface area contributed by atoms with Crippen molar-refractivity contribution >= 4 is 33.1 Å². The number of carbonyl (C=O) groups excluding carboxylic acids is 2. The molecule has 0 saturated carbocycles. The van der Waals surface area contributed by atoms with Gasteiger partial charge >= 0.3 is 0 Å². The molecule has 2 aromatic heterocycles. The molecule has 0 aliphatic heterocycles. The number of Topliss-reactive ketones (excluding diaryl/α,β-unsaturated/α-hetero) is 2. The Kier molecular flexibility index (Phi) is 18.8. The van der Waals surface area contributed by atoms with Gasteiger partial charge in [0, 0.05) is 55.3 Å². The maximum absolute atomic E-state index is 11.7. The van der Waals surface area contributed by atoms with E-state index in [0.29, 0.717) is 11.8 Å². The molecule has 0 N–H and O–H groups in total. The maximum Gasteiger partial charge on any atom is 0.143 e. The minimum atomic E-state index is 0. The number of ketones is 2. The third-order valence-corrected chi connectivity index (χ3v) is 11.0. The first kappa shape index (κ1) is 48.1. The van der Waals surface area contributed by atoms with Gasteiger partial charge in [-0.05, 0) is 109 Å². The zero-order chi connectivity index (χ0) is 41.8. The largest absolute Gasteiger partial charge is 0.304 e. The van der Waals surface area contributed by atoms with Crippen LogP contribution >= 0.6 is 0 Å². The molecule has 6 aromatic rings. The molecular formula is C53H65IrN2O2-. The topological polar surface area (TPSA) is 59.9 Å². The van der Waals surface area contributed by atoms with Gasteiger partial charge in [0.25, 0.3) is 0 Å². The standard InChI is InChI=1S/C20H21N.C20H20N.C13H24O2.Ir/c2*1-13(2)16-5-6-19-17(12-16)7-8-21-20(19)18-10-14(3)9-15(4)11-18;1-5-10(6-2)12(14)9-13(15)11(7-3)8-4;/h5-13H,1-4H3;5-10,12-13H,1-4H3;10-11H,5-9H2,1-4H3;/q;-1;;. The number of rotatable bonds is 12. The zero-order valence-corrected chi connectivity index (χ0v) is 39.4. The Bertz CT molecular complexity index is 2080. The normalized spacial score (nSPS) is 11.0. The van der Waals surface area contributed by atoms with Crippen LogP contribution in [0.1, 0.15) is 133 Å². The molecule has 0 saturated heterocycles.